The summed E-state index contributed by atoms with van der Waals surface area (Å²) in [4.78, 5) is 30.3. The summed E-state index contributed by atoms with van der Waals surface area (Å²) >= 11 is 0. The highest BCUT2D eigenvalue weighted by molar-refractivity contribution is 6.08. The Labute approximate surface area is 195 Å². The zero-order chi connectivity index (χ0) is 23.2. The SMILES string of the molecule is CN(C)CCCNC(=O)c1cc(NC(=O)c2ccc3ccccc3c2)ccc1N1CCCC1. The van der Waals surface area contributed by atoms with Gasteiger partial charge in [-0.2, -0.15) is 0 Å². The molecule has 0 radical (unpaired) electrons. The summed E-state index contributed by atoms with van der Waals surface area (Å²) in [6.07, 6.45) is 3.14. The summed E-state index contributed by atoms with van der Waals surface area (Å²) in [6.45, 7) is 3.43. The molecule has 33 heavy (non-hydrogen) atoms. The molecule has 172 valence electrons. The molecule has 0 bridgehead atoms. The Bertz CT molecular complexity index is 1140. The molecule has 1 aliphatic rings. The second-order valence-corrected chi connectivity index (χ2v) is 8.85. The van der Waals surface area contributed by atoms with Crippen molar-refractivity contribution in [3.63, 3.8) is 0 Å². The van der Waals surface area contributed by atoms with Crippen molar-refractivity contribution in [3.8, 4) is 0 Å². The first kappa shape index (κ1) is 22.8. The second-order valence-electron chi connectivity index (χ2n) is 8.85. The first-order valence-electron chi connectivity index (χ1n) is 11.6. The zero-order valence-corrected chi connectivity index (χ0v) is 19.4. The van der Waals surface area contributed by atoms with E-state index in [0.29, 0.717) is 23.4 Å². The van der Waals surface area contributed by atoms with Gasteiger partial charge in [0.1, 0.15) is 0 Å². The number of nitrogens with one attached hydrogen (secondary N) is 2. The predicted octanol–water partition coefficient (Wildman–Crippen LogP) is 4.37. The molecule has 0 saturated carbocycles. The molecule has 1 saturated heterocycles. The van der Waals surface area contributed by atoms with Crippen molar-refractivity contribution >= 4 is 34.0 Å². The standard InChI is InChI=1S/C27H32N4O2/c1-30(2)15-7-14-28-27(33)24-19-23(12-13-25(24)31-16-5-6-17-31)29-26(32)22-11-10-20-8-3-4-9-21(20)18-22/h3-4,8-13,18-19H,5-7,14-17H2,1-2H3,(H,28,33)(H,29,32). The molecule has 0 spiro atoms. The highest BCUT2D eigenvalue weighted by atomic mass is 16.2. The number of rotatable bonds is 8. The van der Waals surface area contributed by atoms with Gasteiger partial charge in [0.2, 0.25) is 0 Å². The van der Waals surface area contributed by atoms with Gasteiger partial charge in [-0.1, -0.05) is 30.3 Å². The molecule has 0 atom stereocenters. The molecule has 2 amide bonds. The summed E-state index contributed by atoms with van der Waals surface area (Å²) in [5.41, 5.74) is 2.75. The van der Waals surface area contributed by atoms with Crippen LogP contribution in [-0.2, 0) is 0 Å². The third kappa shape index (κ3) is 5.71. The first-order chi connectivity index (χ1) is 16.0. The van der Waals surface area contributed by atoms with E-state index in [2.05, 4.69) is 20.4 Å². The normalized spacial score (nSPS) is 13.5. The fourth-order valence-corrected chi connectivity index (χ4v) is 4.26. The van der Waals surface area contributed by atoms with Crippen LogP contribution in [0.1, 0.15) is 40.0 Å². The van der Waals surface area contributed by atoms with E-state index in [-0.39, 0.29) is 11.8 Å². The Hall–Kier alpha value is -3.38. The molecule has 1 heterocycles. The Morgan fingerprint density at radius 1 is 0.909 bits per heavy atom. The summed E-state index contributed by atoms with van der Waals surface area (Å²) in [6, 6.07) is 19.3. The summed E-state index contributed by atoms with van der Waals surface area (Å²) in [7, 11) is 4.05. The van der Waals surface area contributed by atoms with E-state index >= 15 is 0 Å². The van der Waals surface area contributed by atoms with Crippen LogP contribution in [0.2, 0.25) is 0 Å². The van der Waals surface area contributed by atoms with Crippen LogP contribution < -0.4 is 15.5 Å². The maximum atomic E-state index is 13.1. The third-order valence-electron chi connectivity index (χ3n) is 6.03. The van der Waals surface area contributed by atoms with E-state index in [9.17, 15) is 9.59 Å². The molecule has 6 heteroatoms. The Morgan fingerprint density at radius 2 is 1.67 bits per heavy atom. The van der Waals surface area contributed by atoms with Crippen LogP contribution in [0.4, 0.5) is 11.4 Å². The first-order valence-corrected chi connectivity index (χ1v) is 11.6. The quantitative estimate of drug-likeness (QED) is 0.506. The smallest absolute Gasteiger partial charge is 0.255 e. The van der Waals surface area contributed by atoms with Gasteiger partial charge in [0, 0.05) is 36.6 Å². The van der Waals surface area contributed by atoms with Crippen LogP contribution in [0.5, 0.6) is 0 Å². The van der Waals surface area contributed by atoms with Crippen molar-refractivity contribution in [2.75, 3.05) is 50.5 Å². The number of amides is 2. The maximum absolute atomic E-state index is 13.1. The lowest BCUT2D eigenvalue weighted by atomic mass is 10.1. The third-order valence-corrected chi connectivity index (χ3v) is 6.03. The van der Waals surface area contributed by atoms with E-state index in [4.69, 9.17) is 0 Å². The van der Waals surface area contributed by atoms with Gasteiger partial charge >= 0.3 is 0 Å². The number of benzene rings is 3. The van der Waals surface area contributed by atoms with Crippen molar-refractivity contribution in [2.45, 2.75) is 19.3 Å². The van der Waals surface area contributed by atoms with Crippen molar-refractivity contribution < 1.29 is 9.59 Å². The summed E-state index contributed by atoms with van der Waals surface area (Å²) in [5, 5.41) is 8.13. The van der Waals surface area contributed by atoms with Crippen LogP contribution in [0.15, 0.2) is 60.7 Å². The van der Waals surface area contributed by atoms with Gasteiger partial charge in [0.05, 0.1) is 5.56 Å². The molecule has 3 aromatic carbocycles. The molecule has 0 unspecified atom stereocenters. The number of hydrogen-bond acceptors (Lipinski definition) is 4. The number of fused-ring (bicyclic) bond motifs is 1. The van der Waals surface area contributed by atoms with Gasteiger partial charge in [-0.15, -0.1) is 0 Å². The molecule has 6 nitrogen and oxygen atoms in total. The van der Waals surface area contributed by atoms with Crippen molar-refractivity contribution in [3.05, 3.63) is 71.8 Å². The molecule has 4 rings (SSSR count). The van der Waals surface area contributed by atoms with Crippen molar-refractivity contribution in [1.29, 1.82) is 0 Å². The summed E-state index contributed by atoms with van der Waals surface area (Å²) in [5.74, 6) is -0.288. The van der Waals surface area contributed by atoms with E-state index < -0.39 is 0 Å². The van der Waals surface area contributed by atoms with E-state index in [1.165, 1.54) is 0 Å². The molecule has 1 aliphatic heterocycles. The molecule has 2 N–H and O–H groups in total. The van der Waals surface area contributed by atoms with Crippen LogP contribution in [-0.4, -0.2) is 57.0 Å². The van der Waals surface area contributed by atoms with Gasteiger partial charge in [0.15, 0.2) is 0 Å². The Balaban J connectivity index is 1.53. The van der Waals surface area contributed by atoms with Gasteiger partial charge in [-0.3, -0.25) is 9.59 Å². The topological polar surface area (TPSA) is 64.7 Å². The highest BCUT2D eigenvalue weighted by Crippen LogP contribution is 2.28. The lowest BCUT2D eigenvalue weighted by molar-refractivity contribution is 0.0951. The van der Waals surface area contributed by atoms with Gasteiger partial charge in [0.25, 0.3) is 11.8 Å². The van der Waals surface area contributed by atoms with E-state index in [1.54, 1.807) is 6.07 Å². The van der Waals surface area contributed by atoms with Crippen LogP contribution in [0.3, 0.4) is 0 Å². The number of anilines is 2. The molecular weight excluding hydrogens is 412 g/mol. The van der Waals surface area contributed by atoms with Crippen molar-refractivity contribution in [1.82, 2.24) is 10.2 Å². The van der Waals surface area contributed by atoms with E-state index in [1.807, 2.05) is 68.7 Å². The van der Waals surface area contributed by atoms with Gasteiger partial charge < -0.3 is 20.4 Å². The number of hydrogen-bond donors (Lipinski definition) is 2. The minimum atomic E-state index is -0.188. The second kappa shape index (κ2) is 10.5. The minimum absolute atomic E-state index is 0.0996. The predicted molar refractivity (Wildman–Crippen MR) is 135 cm³/mol. The lowest BCUT2D eigenvalue weighted by Gasteiger charge is -2.22. The van der Waals surface area contributed by atoms with Crippen LogP contribution in [0, 0.1) is 0 Å². The molecule has 0 aliphatic carbocycles. The van der Waals surface area contributed by atoms with Crippen molar-refractivity contribution in [2.24, 2.45) is 0 Å². The largest absolute Gasteiger partial charge is 0.371 e. The van der Waals surface area contributed by atoms with Gasteiger partial charge in [-0.25, -0.2) is 0 Å². The Morgan fingerprint density at radius 3 is 2.42 bits per heavy atom. The monoisotopic (exact) mass is 444 g/mol. The van der Waals surface area contributed by atoms with Gasteiger partial charge in [-0.05, 0) is 81.0 Å². The average molecular weight is 445 g/mol. The number of nitrogens with zero attached hydrogens (tertiary/aromatic N) is 2. The zero-order valence-electron chi connectivity index (χ0n) is 19.4. The average Bonchev–Trinajstić information content (AvgIpc) is 3.36. The number of carbonyl (C=O) groups excluding carboxylic acids is 2. The maximum Gasteiger partial charge on any atom is 0.255 e. The van der Waals surface area contributed by atoms with E-state index in [0.717, 1.165) is 55.4 Å². The molecular formula is C27H32N4O2. The fourth-order valence-electron chi connectivity index (χ4n) is 4.26. The highest BCUT2D eigenvalue weighted by Gasteiger charge is 2.20. The van der Waals surface area contributed by atoms with Crippen LogP contribution >= 0.6 is 0 Å². The fraction of sp³-hybridized carbons (Fsp3) is 0.333. The lowest BCUT2D eigenvalue weighted by Crippen LogP contribution is -2.29. The van der Waals surface area contributed by atoms with Crippen LogP contribution in [0.25, 0.3) is 10.8 Å². The molecule has 3 aromatic rings. The Kier molecular flexibility index (Phi) is 7.25. The minimum Gasteiger partial charge on any atom is -0.371 e. The number of carbonyl (C=O) groups is 2. The summed E-state index contributed by atoms with van der Waals surface area (Å²) < 4.78 is 0. The molecule has 0 aromatic heterocycles. The molecule has 1 fully saturated rings.